The van der Waals surface area contributed by atoms with E-state index in [0.717, 1.165) is 0 Å². The predicted molar refractivity (Wildman–Crippen MR) is 105 cm³/mol. The number of sulfone groups is 1. The third-order valence-corrected chi connectivity index (χ3v) is 6.30. The largest absolute Gasteiger partial charge is 0.484 e. The number of para-hydroxylation sites is 1. The van der Waals surface area contributed by atoms with Crippen molar-refractivity contribution in [2.75, 3.05) is 13.2 Å². The molecule has 0 aliphatic heterocycles. The lowest BCUT2D eigenvalue weighted by Gasteiger charge is -2.17. The van der Waals surface area contributed by atoms with E-state index < -0.39 is 21.0 Å². The predicted octanol–water partition coefficient (Wildman–Crippen LogP) is 3.64. The van der Waals surface area contributed by atoms with Gasteiger partial charge in [-0.05, 0) is 48.5 Å². The van der Waals surface area contributed by atoms with Crippen LogP contribution in [0.15, 0.2) is 82.3 Å². The van der Waals surface area contributed by atoms with Crippen molar-refractivity contribution in [2.45, 2.75) is 10.1 Å². The lowest BCUT2D eigenvalue weighted by atomic mass is 10.3. The zero-order valence-corrected chi connectivity index (χ0v) is 16.3. The number of hydrogen-bond acceptors (Lipinski definition) is 5. The normalized spacial score (nSPS) is 12.3. The van der Waals surface area contributed by atoms with E-state index in [4.69, 9.17) is 20.8 Å². The molecule has 0 aliphatic rings. The number of hydrogen-bond donors (Lipinski definition) is 1. The van der Waals surface area contributed by atoms with Gasteiger partial charge in [-0.1, -0.05) is 29.8 Å². The molecule has 8 heteroatoms. The minimum Gasteiger partial charge on any atom is -0.484 e. The molecule has 1 N–H and O–H groups in total. The fraction of sp³-hybridized carbons (Fsp3) is 0.150. The van der Waals surface area contributed by atoms with Crippen LogP contribution in [0.5, 0.6) is 5.75 Å². The molecule has 1 aromatic heterocycles. The van der Waals surface area contributed by atoms with Crippen LogP contribution >= 0.6 is 11.6 Å². The van der Waals surface area contributed by atoms with Gasteiger partial charge in [-0.15, -0.1) is 0 Å². The van der Waals surface area contributed by atoms with E-state index in [1.165, 1.54) is 30.5 Å². The summed E-state index contributed by atoms with van der Waals surface area (Å²) in [5.41, 5.74) is 0. The summed E-state index contributed by atoms with van der Waals surface area (Å²) in [6.07, 6.45) is 1.39. The van der Waals surface area contributed by atoms with Gasteiger partial charge in [-0.3, -0.25) is 4.79 Å². The number of carbonyl (C=O) groups excluding carboxylic acids is 1. The van der Waals surface area contributed by atoms with Crippen LogP contribution in [0, 0.1) is 0 Å². The number of furan rings is 1. The van der Waals surface area contributed by atoms with Crippen LogP contribution in [0.1, 0.15) is 11.0 Å². The smallest absolute Gasteiger partial charge is 0.257 e. The number of ether oxygens (including phenoxy) is 1. The van der Waals surface area contributed by atoms with Crippen molar-refractivity contribution in [1.82, 2.24) is 5.32 Å². The van der Waals surface area contributed by atoms with Gasteiger partial charge >= 0.3 is 0 Å². The van der Waals surface area contributed by atoms with E-state index in [2.05, 4.69) is 5.32 Å². The summed E-state index contributed by atoms with van der Waals surface area (Å²) in [5, 5.41) is 1.95. The molecule has 3 aromatic rings. The number of rotatable bonds is 8. The molecule has 1 atom stereocenters. The van der Waals surface area contributed by atoms with Crippen LogP contribution in [0.3, 0.4) is 0 Å². The Balaban J connectivity index is 1.71. The van der Waals surface area contributed by atoms with Crippen molar-refractivity contribution in [2.24, 2.45) is 0 Å². The molecule has 0 aliphatic carbocycles. The number of nitrogens with one attached hydrogen (secondary N) is 1. The van der Waals surface area contributed by atoms with Crippen molar-refractivity contribution in [3.8, 4) is 5.75 Å². The first kappa shape index (κ1) is 20.0. The molecule has 3 rings (SSSR count). The second-order valence-electron chi connectivity index (χ2n) is 5.91. The molecule has 0 bridgehead atoms. The fourth-order valence-corrected chi connectivity index (χ4v) is 4.26. The Bertz CT molecular complexity index is 1000. The highest BCUT2D eigenvalue weighted by molar-refractivity contribution is 7.91. The van der Waals surface area contributed by atoms with Gasteiger partial charge in [-0.25, -0.2) is 8.42 Å². The van der Waals surface area contributed by atoms with Crippen molar-refractivity contribution < 1.29 is 22.4 Å². The van der Waals surface area contributed by atoms with E-state index in [-0.39, 0.29) is 23.8 Å². The summed E-state index contributed by atoms with van der Waals surface area (Å²) < 4.78 is 36.8. The van der Waals surface area contributed by atoms with Gasteiger partial charge < -0.3 is 14.5 Å². The lowest BCUT2D eigenvalue weighted by Crippen LogP contribution is -2.34. The Hall–Kier alpha value is -2.77. The van der Waals surface area contributed by atoms with Crippen LogP contribution in [-0.2, 0) is 14.6 Å². The first-order chi connectivity index (χ1) is 13.5. The number of benzene rings is 2. The molecule has 0 saturated heterocycles. The van der Waals surface area contributed by atoms with Crippen molar-refractivity contribution in [1.29, 1.82) is 0 Å². The highest BCUT2D eigenvalue weighted by Crippen LogP contribution is 2.29. The Morgan fingerprint density at radius 3 is 2.39 bits per heavy atom. The van der Waals surface area contributed by atoms with Gasteiger partial charge in [0.1, 0.15) is 16.8 Å². The van der Waals surface area contributed by atoms with E-state index in [1.807, 2.05) is 6.07 Å². The second-order valence-corrected chi connectivity index (χ2v) is 8.48. The van der Waals surface area contributed by atoms with Crippen molar-refractivity contribution >= 4 is 27.3 Å². The van der Waals surface area contributed by atoms with E-state index in [9.17, 15) is 13.2 Å². The van der Waals surface area contributed by atoms with E-state index in [0.29, 0.717) is 10.8 Å². The molecule has 146 valence electrons. The summed E-state index contributed by atoms with van der Waals surface area (Å²) in [5.74, 6) is 0.347. The number of amides is 1. The van der Waals surface area contributed by atoms with Gasteiger partial charge in [0.15, 0.2) is 16.4 Å². The topological polar surface area (TPSA) is 85.6 Å². The molecule has 1 amide bonds. The summed E-state index contributed by atoms with van der Waals surface area (Å²) in [4.78, 5) is 12.2. The van der Waals surface area contributed by atoms with Crippen LogP contribution in [0.4, 0.5) is 0 Å². The fourth-order valence-electron chi connectivity index (χ4n) is 2.55. The first-order valence-electron chi connectivity index (χ1n) is 8.44. The Kier molecular flexibility index (Phi) is 6.38. The Morgan fingerprint density at radius 2 is 1.75 bits per heavy atom. The second kappa shape index (κ2) is 8.95. The van der Waals surface area contributed by atoms with Gasteiger partial charge in [0.2, 0.25) is 0 Å². The molecule has 0 saturated carbocycles. The summed E-state index contributed by atoms with van der Waals surface area (Å²) in [7, 11) is -3.81. The maximum Gasteiger partial charge on any atom is 0.257 e. The van der Waals surface area contributed by atoms with E-state index >= 15 is 0 Å². The molecule has 0 fully saturated rings. The number of carbonyl (C=O) groups is 1. The standard InChI is InChI=1S/C20H18ClNO5S/c21-15-8-10-17(11-9-15)28(24,25)19(18-7-4-12-26-18)13-22-20(23)14-27-16-5-2-1-3-6-16/h1-12,19H,13-14H2,(H,22,23)/t19-/m1/s1. The quantitative estimate of drug-likeness (QED) is 0.602. The van der Waals surface area contributed by atoms with Gasteiger partial charge in [0.25, 0.3) is 5.91 Å². The van der Waals surface area contributed by atoms with E-state index in [1.54, 1.807) is 36.4 Å². The van der Waals surface area contributed by atoms with Crippen molar-refractivity contribution in [3.05, 3.63) is 83.8 Å². The number of halogens is 1. The summed E-state index contributed by atoms with van der Waals surface area (Å²) in [6.45, 7) is -0.384. The van der Waals surface area contributed by atoms with Crippen LogP contribution in [-0.4, -0.2) is 27.5 Å². The average molecular weight is 420 g/mol. The maximum absolute atomic E-state index is 13.0. The van der Waals surface area contributed by atoms with Crippen molar-refractivity contribution in [3.63, 3.8) is 0 Å². The van der Waals surface area contributed by atoms with Crippen LogP contribution in [0.25, 0.3) is 0 Å². The minimum absolute atomic E-state index is 0.0908. The van der Waals surface area contributed by atoms with Crippen LogP contribution in [0.2, 0.25) is 5.02 Å². The van der Waals surface area contributed by atoms with Crippen LogP contribution < -0.4 is 10.1 Å². The lowest BCUT2D eigenvalue weighted by molar-refractivity contribution is -0.123. The van der Waals surface area contributed by atoms with Gasteiger partial charge in [-0.2, -0.15) is 0 Å². The van der Waals surface area contributed by atoms with Gasteiger partial charge in [0.05, 0.1) is 11.2 Å². The average Bonchev–Trinajstić information content (AvgIpc) is 3.22. The molecule has 6 nitrogen and oxygen atoms in total. The van der Waals surface area contributed by atoms with Gasteiger partial charge in [0, 0.05) is 11.6 Å². The Morgan fingerprint density at radius 1 is 1.04 bits per heavy atom. The zero-order valence-electron chi connectivity index (χ0n) is 14.7. The summed E-state index contributed by atoms with van der Waals surface area (Å²) >= 11 is 5.84. The molecule has 2 aromatic carbocycles. The molecule has 0 spiro atoms. The SMILES string of the molecule is O=C(COc1ccccc1)NC[C@H](c1ccco1)S(=O)(=O)c1ccc(Cl)cc1. The molecular formula is C20H18ClNO5S. The third kappa shape index (κ3) is 4.94. The molecule has 0 unspecified atom stereocenters. The minimum atomic E-state index is -3.81. The third-order valence-electron chi connectivity index (χ3n) is 3.98. The summed E-state index contributed by atoms with van der Waals surface area (Å²) in [6, 6.07) is 17.9. The Labute approximate surface area is 168 Å². The molecule has 0 radical (unpaired) electrons. The molecular weight excluding hydrogens is 402 g/mol. The monoisotopic (exact) mass is 419 g/mol. The molecule has 28 heavy (non-hydrogen) atoms. The zero-order chi connectivity index (χ0) is 20.0. The maximum atomic E-state index is 13.0. The molecule has 1 heterocycles. The highest BCUT2D eigenvalue weighted by atomic mass is 35.5. The highest BCUT2D eigenvalue weighted by Gasteiger charge is 2.31. The first-order valence-corrected chi connectivity index (χ1v) is 10.4.